The van der Waals surface area contributed by atoms with E-state index in [1.54, 1.807) is 0 Å². The van der Waals surface area contributed by atoms with Gasteiger partial charge < -0.3 is 14.8 Å². The highest BCUT2D eigenvalue weighted by atomic mass is 79.9. The first-order valence-electron chi connectivity index (χ1n) is 7.52. The summed E-state index contributed by atoms with van der Waals surface area (Å²) in [6, 6.07) is 6.33. The van der Waals surface area contributed by atoms with Gasteiger partial charge in [0.15, 0.2) is 0 Å². The van der Waals surface area contributed by atoms with Crippen molar-refractivity contribution in [2.45, 2.75) is 37.5 Å². The van der Waals surface area contributed by atoms with Gasteiger partial charge in [-0.1, -0.05) is 6.07 Å². The Morgan fingerprint density at radius 3 is 3.14 bits per heavy atom. The maximum atomic E-state index is 6.25. The van der Waals surface area contributed by atoms with Gasteiger partial charge in [0.2, 0.25) is 0 Å². The van der Waals surface area contributed by atoms with E-state index in [1.165, 1.54) is 17.7 Å². The van der Waals surface area contributed by atoms with E-state index in [0.717, 1.165) is 42.0 Å². The lowest BCUT2D eigenvalue weighted by atomic mass is 9.91. The summed E-state index contributed by atoms with van der Waals surface area (Å²) in [6.45, 7) is 1.69. The van der Waals surface area contributed by atoms with E-state index in [2.05, 4.69) is 39.4 Å². The standard InChI is InChI=1S/C16H22BrNO2S/c1-18-10-12-2-3-15(14(17)8-12)20-13-4-6-19-16(9-13)5-7-21-11-16/h2-3,8,13,18H,4-7,9-11H2,1H3. The molecule has 2 heterocycles. The van der Waals surface area contributed by atoms with Crippen molar-refractivity contribution in [3.8, 4) is 5.75 Å². The Hall–Kier alpha value is -0.230. The fraction of sp³-hybridized carbons (Fsp3) is 0.625. The van der Waals surface area contributed by atoms with Crippen LogP contribution in [-0.2, 0) is 11.3 Å². The Kier molecular flexibility index (Phi) is 5.15. The van der Waals surface area contributed by atoms with Crippen LogP contribution in [0.2, 0.25) is 0 Å². The number of nitrogens with one attached hydrogen (secondary N) is 1. The van der Waals surface area contributed by atoms with Crippen molar-refractivity contribution in [3.63, 3.8) is 0 Å². The van der Waals surface area contributed by atoms with E-state index in [0.29, 0.717) is 0 Å². The van der Waals surface area contributed by atoms with Crippen LogP contribution in [-0.4, -0.2) is 36.9 Å². The molecule has 1 aromatic carbocycles. The molecule has 0 aromatic heterocycles. The summed E-state index contributed by atoms with van der Waals surface area (Å²) in [5, 5.41) is 3.16. The molecule has 1 N–H and O–H groups in total. The highest BCUT2D eigenvalue weighted by molar-refractivity contribution is 9.10. The van der Waals surface area contributed by atoms with Gasteiger partial charge in [-0.2, -0.15) is 11.8 Å². The van der Waals surface area contributed by atoms with Gasteiger partial charge in [-0.15, -0.1) is 0 Å². The van der Waals surface area contributed by atoms with Crippen LogP contribution in [0.25, 0.3) is 0 Å². The average molecular weight is 372 g/mol. The first-order valence-corrected chi connectivity index (χ1v) is 9.47. The second-order valence-electron chi connectivity index (χ2n) is 5.86. The van der Waals surface area contributed by atoms with E-state index in [9.17, 15) is 0 Å². The molecule has 5 heteroatoms. The number of halogens is 1. The molecule has 2 aliphatic heterocycles. The van der Waals surface area contributed by atoms with E-state index in [1.807, 2.05) is 18.8 Å². The lowest BCUT2D eigenvalue weighted by molar-refractivity contribution is -0.0960. The van der Waals surface area contributed by atoms with Crippen LogP contribution in [0, 0.1) is 0 Å². The molecule has 2 fully saturated rings. The maximum absolute atomic E-state index is 6.25. The van der Waals surface area contributed by atoms with Gasteiger partial charge in [-0.05, 0) is 52.8 Å². The Morgan fingerprint density at radius 2 is 2.43 bits per heavy atom. The van der Waals surface area contributed by atoms with Gasteiger partial charge >= 0.3 is 0 Å². The van der Waals surface area contributed by atoms with Crippen LogP contribution >= 0.6 is 27.7 Å². The monoisotopic (exact) mass is 371 g/mol. The van der Waals surface area contributed by atoms with Crippen LogP contribution in [0.1, 0.15) is 24.8 Å². The lowest BCUT2D eigenvalue weighted by Gasteiger charge is -2.37. The number of rotatable bonds is 4. The topological polar surface area (TPSA) is 30.5 Å². The zero-order valence-corrected chi connectivity index (χ0v) is 14.8. The van der Waals surface area contributed by atoms with Crippen LogP contribution in [0.3, 0.4) is 0 Å². The highest BCUT2D eigenvalue weighted by Gasteiger charge is 2.41. The van der Waals surface area contributed by atoms with E-state index < -0.39 is 0 Å². The molecule has 2 saturated heterocycles. The summed E-state index contributed by atoms with van der Waals surface area (Å²) in [7, 11) is 1.96. The van der Waals surface area contributed by atoms with E-state index in [4.69, 9.17) is 9.47 Å². The summed E-state index contributed by atoms with van der Waals surface area (Å²) in [5.74, 6) is 3.28. The SMILES string of the molecule is CNCc1ccc(OC2CCOC3(CCSC3)C2)c(Br)c1. The van der Waals surface area contributed by atoms with Crippen molar-refractivity contribution < 1.29 is 9.47 Å². The van der Waals surface area contributed by atoms with Gasteiger partial charge in [0.05, 0.1) is 16.7 Å². The molecule has 0 bridgehead atoms. The van der Waals surface area contributed by atoms with Gasteiger partial charge in [-0.25, -0.2) is 0 Å². The first-order chi connectivity index (χ1) is 10.2. The minimum absolute atomic E-state index is 0.0755. The molecule has 2 atom stereocenters. The number of hydrogen-bond donors (Lipinski definition) is 1. The number of thioether (sulfide) groups is 1. The van der Waals surface area contributed by atoms with Gasteiger partial charge in [0, 0.05) is 25.1 Å². The van der Waals surface area contributed by atoms with Crippen molar-refractivity contribution in [3.05, 3.63) is 28.2 Å². The van der Waals surface area contributed by atoms with Gasteiger partial charge in [0.25, 0.3) is 0 Å². The molecule has 116 valence electrons. The van der Waals surface area contributed by atoms with Crippen molar-refractivity contribution in [2.75, 3.05) is 25.2 Å². The van der Waals surface area contributed by atoms with Crippen LogP contribution in [0.5, 0.6) is 5.75 Å². The highest BCUT2D eigenvalue weighted by Crippen LogP contribution is 2.40. The van der Waals surface area contributed by atoms with Crippen molar-refractivity contribution in [2.24, 2.45) is 0 Å². The molecule has 0 amide bonds. The largest absolute Gasteiger partial charge is 0.489 e. The quantitative estimate of drug-likeness (QED) is 0.875. The molecule has 21 heavy (non-hydrogen) atoms. The zero-order chi connectivity index (χ0) is 14.7. The average Bonchev–Trinajstić information content (AvgIpc) is 2.90. The van der Waals surface area contributed by atoms with Crippen LogP contribution in [0.4, 0.5) is 0 Å². The molecule has 1 spiro atoms. The smallest absolute Gasteiger partial charge is 0.133 e. The fourth-order valence-corrected chi connectivity index (χ4v) is 4.98. The van der Waals surface area contributed by atoms with Crippen LogP contribution in [0.15, 0.2) is 22.7 Å². The Balaban J connectivity index is 1.65. The molecule has 2 aliphatic rings. The number of ether oxygens (including phenoxy) is 2. The zero-order valence-electron chi connectivity index (χ0n) is 12.4. The molecule has 3 rings (SSSR count). The fourth-order valence-electron chi connectivity index (χ4n) is 3.08. The molecular formula is C16H22BrNO2S. The predicted octanol–water partition coefficient (Wildman–Crippen LogP) is 3.60. The van der Waals surface area contributed by atoms with E-state index in [-0.39, 0.29) is 11.7 Å². The normalized spacial score (nSPS) is 29.0. The summed E-state index contributed by atoms with van der Waals surface area (Å²) in [6.07, 6.45) is 3.44. The first kappa shape index (κ1) is 15.7. The van der Waals surface area contributed by atoms with Crippen molar-refractivity contribution in [1.82, 2.24) is 5.32 Å². The van der Waals surface area contributed by atoms with Crippen molar-refractivity contribution in [1.29, 1.82) is 0 Å². The van der Waals surface area contributed by atoms with E-state index >= 15 is 0 Å². The van der Waals surface area contributed by atoms with Crippen molar-refractivity contribution >= 4 is 27.7 Å². The molecule has 0 aliphatic carbocycles. The minimum atomic E-state index is 0.0755. The van der Waals surface area contributed by atoms with Gasteiger partial charge in [-0.3, -0.25) is 0 Å². The molecule has 0 radical (unpaired) electrons. The molecular weight excluding hydrogens is 350 g/mol. The third kappa shape index (κ3) is 3.76. The van der Waals surface area contributed by atoms with Crippen LogP contribution < -0.4 is 10.1 Å². The minimum Gasteiger partial charge on any atom is -0.489 e. The number of hydrogen-bond acceptors (Lipinski definition) is 4. The Morgan fingerprint density at radius 1 is 1.52 bits per heavy atom. The molecule has 2 unspecified atom stereocenters. The Labute approximate surface area is 139 Å². The summed E-state index contributed by atoms with van der Waals surface area (Å²) < 4.78 is 13.3. The van der Waals surface area contributed by atoms with Gasteiger partial charge in [0.1, 0.15) is 11.9 Å². The summed E-state index contributed by atoms with van der Waals surface area (Å²) in [4.78, 5) is 0. The third-order valence-electron chi connectivity index (χ3n) is 4.19. The number of benzene rings is 1. The molecule has 1 aromatic rings. The molecule has 0 saturated carbocycles. The predicted molar refractivity (Wildman–Crippen MR) is 91.2 cm³/mol. The second kappa shape index (κ2) is 6.90. The second-order valence-corrected chi connectivity index (χ2v) is 7.82. The Bertz CT molecular complexity index is 491. The summed E-state index contributed by atoms with van der Waals surface area (Å²) in [5.41, 5.74) is 1.33. The third-order valence-corrected chi connectivity index (χ3v) is 6.03. The maximum Gasteiger partial charge on any atom is 0.133 e. The molecule has 3 nitrogen and oxygen atoms in total. The summed E-state index contributed by atoms with van der Waals surface area (Å²) >= 11 is 5.63. The lowest BCUT2D eigenvalue weighted by Crippen LogP contribution is -2.43.